The topological polar surface area (TPSA) is 94.8 Å². The zero-order valence-electron chi connectivity index (χ0n) is 16.7. The van der Waals surface area contributed by atoms with Gasteiger partial charge in [0, 0.05) is 37.5 Å². The van der Waals surface area contributed by atoms with Crippen LogP contribution >= 0.6 is 0 Å². The summed E-state index contributed by atoms with van der Waals surface area (Å²) in [6, 6.07) is 9.93. The lowest BCUT2D eigenvalue weighted by molar-refractivity contribution is -0.137. The molecule has 1 aliphatic rings. The van der Waals surface area contributed by atoms with Gasteiger partial charge in [0.15, 0.2) is 0 Å². The van der Waals surface area contributed by atoms with E-state index in [0.717, 1.165) is 12.0 Å². The largest absolute Gasteiger partial charge is 0.481 e. The van der Waals surface area contributed by atoms with Crippen LogP contribution in [-0.2, 0) is 16.0 Å². The lowest BCUT2D eigenvalue weighted by Crippen LogP contribution is -2.37. The minimum Gasteiger partial charge on any atom is -0.481 e. The average molecular weight is 398 g/mol. The molecule has 1 aromatic rings. The first-order valence-electron chi connectivity index (χ1n) is 10.3. The number of aliphatic hydroxyl groups excluding tert-OH is 2. The van der Waals surface area contributed by atoms with Crippen molar-refractivity contribution in [2.75, 3.05) is 0 Å². The molecule has 29 heavy (non-hydrogen) atoms. The highest BCUT2D eigenvalue weighted by Crippen LogP contribution is 2.31. The van der Waals surface area contributed by atoms with Gasteiger partial charge in [-0.25, -0.2) is 0 Å². The number of hydrogen-bond acceptors (Lipinski definition) is 4. The molecule has 1 aliphatic carbocycles. The summed E-state index contributed by atoms with van der Waals surface area (Å²) in [5, 5.41) is 29.3. The van der Waals surface area contributed by atoms with Crippen molar-refractivity contribution < 1.29 is 24.9 Å². The summed E-state index contributed by atoms with van der Waals surface area (Å²) in [4.78, 5) is 22.9. The molecule has 1 fully saturated rings. The number of carboxylic acids is 1. The van der Waals surface area contributed by atoms with Crippen molar-refractivity contribution in [2.45, 2.75) is 63.6 Å². The van der Waals surface area contributed by atoms with Crippen LogP contribution in [0.2, 0.25) is 0 Å². The molecule has 156 valence electrons. The average Bonchev–Trinajstić information content (AvgIpc) is 2.71. The number of unbranched alkanes of at least 4 members (excludes halogenated alkanes) is 1. The Kier molecular flexibility index (Phi) is 9.63. The van der Waals surface area contributed by atoms with E-state index in [1.807, 2.05) is 30.3 Å². The Bertz CT molecular complexity index is 744. The molecule has 5 nitrogen and oxygen atoms in total. The predicted molar refractivity (Wildman–Crippen MR) is 111 cm³/mol. The molecule has 1 aromatic carbocycles. The zero-order valence-corrected chi connectivity index (χ0v) is 16.7. The van der Waals surface area contributed by atoms with Gasteiger partial charge in [0.2, 0.25) is 0 Å². The number of carbonyl (C=O) groups excluding carboxylic acids is 1. The summed E-state index contributed by atoms with van der Waals surface area (Å²) in [6.45, 7) is 0. The maximum absolute atomic E-state index is 12.4. The normalized spacial score (nSPS) is 22.8. The van der Waals surface area contributed by atoms with E-state index in [2.05, 4.69) is 11.8 Å². The van der Waals surface area contributed by atoms with Crippen LogP contribution in [0, 0.1) is 23.7 Å². The van der Waals surface area contributed by atoms with Crippen molar-refractivity contribution in [3.05, 3.63) is 48.0 Å². The Morgan fingerprint density at radius 3 is 2.72 bits per heavy atom. The van der Waals surface area contributed by atoms with Crippen LogP contribution in [0.15, 0.2) is 42.5 Å². The summed E-state index contributed by atoms with van der Waals surface area (Å²) < 4.78 is 0. The maximum atomic E-state index is 12.4. The van der Waals surface area contributed by atoms with Crippen molar-refractivity contribution in [2.24, 2.45) is 11.8 Å². The molecule has 4 atom stereocenters. The van der Waals surface area contributed by atoms with E-state index in [4.69, 9.17) is 5.11 Å². The molecule has 0 radical (unpaired) electrons. The Hall–Kier alpha value is -2.42. The van der Waals surface area contributed by atoms with Gasteiger partial charge in [0.25, 0.3) is 0 Å². The lowest BCUT2D eigenvalue weighted by atomic mass is 9.74. The molecule has 0 spiro atoms. The number of aliphatic carboxylic acids is 1. The van der Waals surface area contributed by atoms with Gasteiger partial charge in [-0.2, -0.15) is 0 Å². The fraction of sp³-hybridized carbons (Fsp3) is 0.500. The van der Waals surface area contributed by atoms with E-state index in [0.29, 0.717) is 38.5 Å². The van der Waals surface area contributed by atoms with Gasteiger partial charge in [-0.1, -0.05) is 42.5 Å². The fourth-order valence-electron chi connectivity index (χ4n) is 3.57. The van der Waals surface area contributed by atoms with Crippen LogP contribution in [0.4, 0.5) is 0 Å². The number of carbonyl (C=O) groups is 2. The van der Waals surface area contributed by atoms with E-state index in [1.165, 1.54) is 0 Å². The van der Waals surface area contributed by atoms with Crippen molar-refractivity contribution in [3.8, 4) is 11.8 Å². The van der Waals surface area contributed by atoms with Crippen molar-refractivity contribution in [1.29, 1.82) is 0 Å². The van der Waals surface area contributed by atoms with Gasteiger partial charge >= 0.3 is 5.97 Å². The molecule has 0 aliphatic heterocycles. The first-order valence-corrected chi connectivity index (χ1v) is 10.3. The first-order chi connectivity index (χ1) is 14.0. The van der Waals surface area contributed by atoms with Crippen LogP contribution in [0.5, 0.6) is 0 Å². The number of carboxylic acid groups (broad SMARTS) is 1. The number of aryl methyl sites for hydroxylation is 1. The number of benzene rings is 1. The Balaban J connectivity index is 1.90. The molecule has 0 saturated heterocycles. The third-order valence-corrected chi connectivity index (χ3v) is 5.28. The number of hydrogen-bond donors (Lipinski definition) is 3. The van der Waals surface area contributed by atoms with E-state index in [-0.39, 0.29) is 24.0 Å². The third-order valence-electron chi connectivity index (χ3n) is 5.28. The molecular formula is C24H30O5. The minimum absolute atomic E-state index is 0.0853. The smallest absolute Gasteiger partial charge is 0.303 e. The number of ketones is 1. The standard InChI is InChI=1S/C24H30O5/c25-19(13-12-18-8-4-3-5-9-18)14-15-21-20(22(26)16-17-23(21)27)10-6-1-2-7-11-24(28)29/h3-5,8-9,14-15,19-21,23,25,27H,2,7,10-13,16-17H2,(H,28,29)/b15-14+/t19?,20-,21-,23-/m1/s1. The minimum atomic E-state index is -0.839. The number of rotatable bonds is 9. The second kappa shape index (κ2) is 12.2. The number of Topliss-reactive ketones (excluding diaryl/α,β-unsaturated/α-hetero) is 1. The van der Waals surface area contributed by atoms with Crippen LogP contribution in [0.1, 0.15) is 50.5 Å². The Morgan fingerprint density at radius 1 is 1.24 bits per heavy atom. The van der Waals surface area contributed by atoms with Gasteiger partial charge < -0.3 is 15.3 Å². The van der Waals surface area contributed by atoms with Crippen LogP contribution in [-0.4, -0.2) is 39.3 Å². The zero-order chi connectivity index (χ0) is 21.1. The maximum Gasteiger partial charge on any atom is 0.303 e. The Morgan fingerprint density at radius 2 is 2.00 bits per heavy atom. The Labute approximate surface area is 172 Å². The monoisotopic (exact) mass is 398 g/mol. The molecule has 0 heterocycles. The molecule has 0 amide bonds. The van der Waals surface area contributed by atoms with Crippen molar-refractivity contribution in [1.82, 2.24) is 0 Å². The molecular weight excluding hydrogens is 368 g/mol. The third kappa shape index (κ3) is 8.23. The van der Waals surface area contributed by atoms with E-state index >= 15 is 0 Å². The van der Waals surface area contributed by atoms with E-state index < -0.39 is 18.2 Å². The molecule has 5 heteroatoms. The first kappa shape index (κ1) is 22.9. The highest BCUT2D eigenvalue weighted by atomic mass is 16.4. The van der Waals surface area contributed by atoms with Gasteiger partial charge in [0.05, 0.1) is 12.2 Å². The van der Waals surface area contributed by atoms with Gasteiger partial charge in [0.1, 0.15) is 5.78 Å². The quantitative estimate of drug-likeness (QED) is 0.337. The summed E-state index contributed by atoms with van der Waals surface area (Å²) in [5.41, 5.74) is 1.16. The number of aliphatic hydroxyl groups is 2. The van der Waals surface area contributed by atoms with Crippen LogP contribution in [0.3, 0.4) is 0 Å². The van der Waals surface area contributed by atoms with E-state index in [1.54, 1.807) is 12.2 Å². The molecule has 1 unspecified atom stereocenters. The summed E-state index contributed by atoms with van der Waals surface area (Å²) in [5.74, 6) is 4.41. The van der Waals surface area contributed by atoms with E-state index in [9.17, 15) is 19.8 Å². The molecule has 0 aromatic heterocycles. The highest BCUT2D eigenvalue weighted by Gasteiger charge is 2.35. The molecule has 2 rings (SSSR count). The summed E-state index contributed by atoms with van der Waals surface area (Å²) >= 11 is 0. The SMILES string of the molecule is O=C(O)CCCC#CC[C@H]1C(=O)CC[C@@H](O)[C@@H]1/C=C/C(O)CCc1ccccc1. The van der Waals surface area contributed by atoms with Gasteiger partial charge in [-0.3, -0.25) is 9.59 Å². The summed E-state index contributed by atoms with van der Waals surface area (Å²) in [6.07, 6.45) is 5.69. The molecule has 1 saturated carbocycles. The predicted octanol–water partition coefficient (Wildman–Crippen LogP) is 3.14. The van der Waals surface area contributed by atoms with Crippen molar-refractivity contribution >= 4 is 11.8 Å². The summed E-state index contributed by atoms with van der Waals surface area (Å²) in [7, 11) is 0. The lowest BCUT2D eigenvalue weighted by Gasteiger charge is -2.31. The van der Waals surface area contributed by atoms with Crippen molar-refractivity contribution in [3.63, 3.8) is 0 Å². The van der Waals surface area contributed by atoms with Crippen LogP contribution < -0.4 is 0 Å². The fourth-order valence-corrected chi connectivity index (χ4v) is 3.57. The second-order valence-corrected chi connectivity index (χ2v) is 7.54. The van der Waals surface area contributed by atoms with Gasteiger partial charge in [-0.15, -0.1) is 11.8 Å². The molecule has 3 N–H and O–H groups in total. The van der Waals surface area contributed by atoms with Crippen LogP contribution in [0.25, 0.3) is 0 Å². The second-order valence-electron chi connectivity index (χ2n) is 7.54. The molecule has 0 bridgehead atoms. The highest BCUT2D eigenvalue weighted by molar-refractivity contribution is 5.82. The van der Waals surface area contributed by atoms with Gasteiger partial charge in [-0.05, 0) is 31.2 Å².